The highest BCUT2D eigenvalue weighted by atomic mass is 35.5. The molecule has 2 aliphatic rings. The largest absolute Gasteiger partial charge is 0.352 e. The first-order valence-electron chi connectivity index (χ1n) is 4.37. The lowest BCUT2D eigenvalue weighted by Crippen LogP contribution is -2.37. The van der Waals surface area contributed by atoms with Crippen LogP contribution in [-0.2, 0) is 4.79 Å². The summed E-state index contributed by atoms with van der Waals surface area (Å²) in [4.78, 5) is 11.3. The highest BCUT2D eigenvalue weighted by Crippen LogP contribution is 2.17. The van der Waals surface area contributed by atoms with Gasteiger partial charge in [-0.1, -0.05) is 6.42 Å². The van der Waals surface area contributed by atoms with Crippen LogP contribution in [0.15, 0.2) is 0 Å². The van der Waals surface area contributed by atoms with Crippen LogP contribution in [0.4, 0.5) is 0 Å². The molecule has 0 aromatic carbocycles. The van der Waals surface area contributed by atoms with E-state index in [2.05, 4.69) is 10.6 Å². The maximum atomic E-state index is 11.3. The molecule has 0 unspecified atom stereocenters. The molecule has 2 saturated heterocycles. The Hall–Kier alpha value is -0.280. The summed E-state index contributed by atoms with van der Waals surface area (Å²) < 4.78 is 0. The van der Waals surface area contributed by atoms with Crippen molar-refractivity contribution in [3.63, 3.8) is 0 Å². The van der Waals surface area contributed by atoms with Crippen LogP contribution in [0.1, 0.15) is 19.3 Å². The number of nitrogens with one attached hydrogen (secondary N) is 2. The van der Waals surface area contributed by atoms with E-state index >= 15 is 0 Å². The van der Waals surface area contributed by atoms with Gasteiger partial charge in [0.15, 0.2) is 0 Å². The van der Waals surface area contributed by atoms with Crippen molar-refractivity contribution in [3.05, 3.63) is 0 Å². The second-order valence-electron chi connectivity index (χ2n) is 3.49. The molecule has 12 heavy (non-hydrogen) atoms. The molecule has 2 fully saturated rings. The van der Waals surface area contributed by atoms with Gasteiger partial charge in [-0.15, -0.1) is 12.4 Å². The van der Waals surface area contributed by atoms with Gasteiger partial charge in [-0.25, -0.2) is 0 Å². The molecule has 1 amide bonds. The number of carbonyl (C=O) groups excluding carboxylic acids is 1. The first-order chi connectivity index (χ1) is 5.36. The van der Waals surface area contributed by atoms with E-state index in [1.807, 2.05) is 0 Å². The van der Waals surface area contributed by atoms with Crippen LogP contribution in [0.2, 0.25) is 0 Å². The predicted molar refractivity (Wildman–Crippen MR) is 49.4 cm³/mol. The number of hydrogen-bond donors (Lipinski definition) is 2. The first-order valence-corrected chi connectivity index (χ1v) is 4.37. The highest BCUT2D eigenvalue weighted by Gasteiger charge is 2.27. The van der Waals surface area contributed by atoms with Gasteiger partial charge in [0.2, 0.25) is 5.91 Å². The second kappa shape index (κ2) is 4.10. The molecule has 70 valence electrons. The van der Waals surface area contributed by atoms with Gasteiger partial charge < -0.3 is 10.6 Å². The van der Waals surface area contributed by atoms with Crippen molar-refractivity contribution in [3.8, 4) is 0 Å². The molecule has 4 heteroatoms. The lowest BCUT2D eigenvalue weighted by atomic mass is 10.0. The lowest BCUT2D eigenvalue weighted by Gasteiger charge is -2.14. The van der Waals surface area contributed by atoms with E-state index in [0.717, 1.165) is 25.9 Å². The monoisotopic (exact) mass is 190 g/mol. The molecule has 2 bridgehead atoms. The fraction of sp³-hybridized carbons (Fsp3) is 0.875. The molecular weight excluding hydrogens is 176 g/mol. The van der Waals surface area contributed by atoms with Crippen molar-refractivity contribution < 1.29 is 4.79 Å². The SMILES string of the molecule is Cl.O=C1N[C@H]2CCC[C@H]1CNC2. The van der Waals surface area contributed by atoms with Gasteiger partial charge in [0.1, 0.15) is 0 Å². The molecule has 2 rings (SSSR count). The number of halogens is 1. The first kappa shape index (κ1) is 9.81. The summed E-state index contributed by atoms with van der Waals surface area (Å²) >= 11 is 0. The minimum atomic E-state index is 0. The van der Waals surface area contributed by atoms with E-state index in [4.69, 9.17) is 0 Å². The summed E-state index contributed by atoms with van der Waals surface area (Å²) in [6, 6.07) is 0.398. The summed E-state index contributed by atoms with van der Waals surface area (Å²) in [6.45, 7) is 1.84. The smallest absolute Gasteiger partial charge is 0.224 e. The van der Waals surface area contributed by atoms with E-state index < -0.39 is 0 Å². The summed E-state index contributed by atoms with van der Waals surface area (Å²) in [5.74, 6) is 0.500. The van der Waals surface area contributed by atoms with Gasteiger partial charge in [0.25, 0.3) is 0 Å². The van der Waals surface area contributed by atoms with Crippen LogP contribution in [0, 0.1) is 5.92 Å². The fourth-order valence-electron chi connectivity index (χ4n) is 1.91. The van der Waals surface area contributed by atoms with E-state index in [-0.39, 0.29) is 24.2 Å². The molecule has 2 heterocycles. The number of amides is 1. The van der Waals surface area contributed by atoms with Crippen LogP contribution in [0.3, 0.4) is 0 Å². The Kier molecular flexibility index (Phi) is 3.35. The van der Waals surface area contributed by atoms with Crippen molar-refractivity contribution in [2.75, 3.05) is 13.1 Å². The van der Waals surface area contributed by atoms with Crippen molar-refractivity contribution in [1.29, 1.82) is 0 Å². The molecule has 2 aliphatic heterocycles. The Labute approximate surface area is 78.7 Å². The standard InChI is InChI=1S/C8H14N2O.ClH/c11-8-6-2-1-3-7(10-8)5-9-4-6;/h6-7,9H,1-5H2,(H,10,11);1H/t6-,7-;/m0./s1. The summed E-state index contributed by atoms with van der Waals surface area (Å²) in [6.07, 6.45) is 3.42. The zero-order chi connectivity index (χ0) is 7.68. The highest BCUT2D eigenvalue weighted by molar-refractivity contribution is 5.85. The molecule has 2 atom stereocenters. The summed E-state index contributed by atoms with van der Waals surface area (Å²) in [7, 11) is 0. The average molecular weight is 191 g/mol. The quantitative estimate of drug-likeness (QED) is 0.577. The molecule has 0 aromatic heterocycles. The Morgan fingerprint density at radius 1 is 1.25 bits per heavy atom. The Balaban J connectivity index is 0.000000720. The zero-order valence-corrected chi connectivity index (χ0v) is 7.82. The molecule has 2 N–H and O–H groups in total. The summed E-state index contributed by atoms with van der Waals surface area (Å²) in [5, 5.41) is 6.34. The van der Waals surface area contributed by atoms with Crippen LogP contribution in [0.25, 0.3) is 0 Å². The molecule has 3 nitrogen and oxygen atoms in total. The molecular formula is C8H15ClN2O. The second-order valence-corrected chi connectivity index (χ2v) is 3.49. The molecule has 0 aliphatic carbocycles. The van der Waals surface area contributed by atoms with Crippen LogP contribution < -0.4 is 10.6 Å². The van der Waals surface area contributed by atoms with E-state index in [0.29, 0.717) is 6.04 Å². The van der Waals surface area contributed by atoms with Gasteiger partial charge in [-0.3, -0.25) is 4.79 Å². The Bertz CT molecular complexity index is 164. The van der Waals surface area contributed by atoms with Gasteiger partial charge in [0.05, 0.1) is 5.92 Å². The maximum Gasteiger partial charge on any atom is 0.224 e. The van der Waals surface area contributed by atoms with E-state index in [1.165, 1.54) is 6.42 Å². The van der Waals surface area contributed by atoms with Gasteiger partial charge in [0, 0.05) is 19.1 Å². The molecule has 0 radical (unpaired) electrons. The number of carbonyl (C=O) groups is 1. The Morgan fingerprint density at radius 2 is 2.08 bits per heavy atom. The van der Waals surface area contributed by atoms with Crippen LogP contribution >= 0.6 is 12.4 Å². The maximum absolute atomic E-state index is 11.3. The predicted octanol–water partition coefficient (Wildman–Crippen LogP) is 0.296. The number of hydrogen-bond acceptors (Lipinski definition) is 2. The topological polar surface area (TPSA) is 41.1 Å². The molecule has 0 aromatic rings. The van der Waals surface area contributed by atoms with Crippen molar-refractivity contribution >= 4 is 18.3 Å². The normalized spacial score (nSPS) is 34.5. The third-order valence-electron chi connectivity index (χ3n) is 2.60. The average Bonchev–Trinajstić information content (AvgIpc) is 2.16. The van der Waals surface area contributed by atoms with Gasteiger partial charge >= 0.3 is 0 Å². The van der Waals surface area contributed by atoms with Crippen LogP contribution in [0.5, 0.6) is 0 Å². The van der Waals surface area contributed by atoms with E-state index in [9.17, 15) is 4.79 Å². The lowest BCUT2D eigenvalue weighted by molar-refractivity contribution is -0.124. The zero-order valence-electron chi connectivity index (χ0n) is 7.01. The van der Waals surface area contributed by atoms with Crippen molar-refractivity contribution in [1.82, 2.24) is 10.6 Å². The van der Waals surface area contributed by atoms with Gasteiger partial charge in [-0.05, 0) is 12.8 Å². The number of rotatable bonds is 0. The van der Waals surface area contributed by atoms with Gasteiger partial charge in [-0.2, -0.15) is 0 Å². The third-order valence-corrected chi connectivity index (χ3v) is 2.60. The molecule has 0 saturated carbocycles. The summed E-state index contributed by atoms with van der Waals surface area (Å²) in [5.41, 5.74) is 0. The number of fused-ring (bicyclic) bond motifs is 3. The Morgan fingerprint density at radius 3 is 2.92 bits per heavy atom. The minimum absolute atomic E-state index is 0. The van der Waals surface area contributed by atoms with E-state index in [1.54, 1.807) is 0 Å². The minimum Gasteiger partial charge on any atom is -0.352 e. The molecule has 0 spiro atoms. The van der Waals surface area contributed by atoms with Crippen molar-refractivity contribution in [2.45, 2.75) is 25.3 Å². The van der Waals surface area contributed by atoms with Crippen LogP contribution in [-0.4, -0.2) is 25.0 Å². The van der Waals surface area contributed by atoms with Crippen molar-refractivity contribution in [2.24, 2.45) is 5.92 Å². The third kappa shape index (κ3) is 1.90. The fourth-order valence-corrected chi connectivity index (χ4v) is 1.91.